The molecule has 122 valence electrons. The van der Waals surface area contributed by atoms with Gasteiger partial charge in [-0.15, -0.1) is 0 Å². The van der Waals surface area contributed by atoms with Crippen LogP contribution in [0.15, 0.2) is 22.9 Å². The first kappa shape index (κ1) is 14.5. The highest BCUT2D eigenvalue weighted by Crippen LogP contribution is 2.32. The van der Waals surface area contributed by atoms with E-state index >= 15 is 0 Å². The highest BCUT2D eigenvalue weighted by molar-refractivity contribution is 5.95. The summed E-state index contributed by atoms with van der Waals surface area (Å²) >= 11 is 0. The number of rotatable bonds is 5. The lowest BCUT2D eigenvalue weighted by molar-refractivity contribution is 0.0383. The number of carbonyl (C=O) groups excluding carboxylic acids is 1. The largest absolute Gasteiger partial charge is 0.469 e. The van der Waals surface area contributed by atoms with E-state index in [0.717, 1.165) is 24.6 Å². The Morgan fingerprint density at radius 3 is 3.09 bits per heavy atom. The molecule has 0 radical (unpaired) electrons. The number of amides is 1. The van der Waals surface area contributed by atoms with Crippen molar-refractivity contribution in [1.29, 1.82) is 0 Å². The zero-order chi connectivity index (χ0) is 15.8. The van der Waals surface area contributed by atoms with Crippen LogP contribution in [0.2, 0.25) is 0 Å². The lowest BCUT2D eigenvalue weighted by Crippen LogP contribution is -2.32. The minimum Gasteiger partial charge on any atom is -0.469 e. The smallest absolute Gasteiger partial charge is 0.254 e. The van der Waals surface area contributed by atoms with Crippen molar-refractivity contribution >= 4 is 5.91 Å². The minimum absolute atomic E-state index is 0.135. The van der Waals surface area contributed by atoms with Crippen LogP contribution in [-0.2, 0) is 17.7 Å². The standard InChI is InChI=1S/C17H21N3O3/c1-11-14(5-7-22-11)17(21)18-8-15-16-13(4-6-23-15)10-20(19-16)9-12-2-3-12/h5,7,10,12,15H,2-4,6,8-9H2,1H3,(H,18,21)/t15-/m0/s1. The lowest BCUT2D eigenvalue weighted by Gasteiger charge is -2.22. The van der Waals surface area contributed by atoms with Crippen molar-refractivity contribution < 1.29 is 13.9 Å². The molecule has 2 aromatic rings. The summed E-state index contributed by atoms with van der Waals surface area (Å²) in [7, 11) is 0. The first-order valence-corrected chi connectivity index (χ1v) is 8.21. The third-order valence-corrected chi connectivity index (χ3v) is 4.56. The van der Waals surface area contributed by atoms with E-state index in [1.807, 2.05) is 4.68 Å². The number of furan rings is 1. The normalized spacial score (nSPS) is 20.3. The molecule has 1 N–H and O–H groups in total. The van der Waals surface area contributed by atoms with Crippen LogP contribution in [0.5, 0.6) is 0 Å². The topological polar surface area (TPSA) is 69.3 Å². The van der Waals surface area contributed by atoms with Crippen LogP contribution in [0.25, 0.3) is 0 Å². The number of aryl methyl sites for hydroxylation is 1. The molecule has 1 aliphatic heterocycles. The molecule has 1 fully saturated rings. The molecule has 23 heavy (non-hydrogen) atoms. The van der Waals surface area contributed by atoms with Gasteiger partial charge in [0, 0.05) is 19.3 Å². The maximum absolute atomic E-state index is 12.2. The van der Waals surface area contributed by atoms with Crippen LogP contribution < -0.4 is 5.32 Å². The summed E-state index contributed by atoms with van der Waals surface area (Å²) in [6.45, 7) is 3.88. The fourth-order valence-electron chi connectivity index (χ4n) is 3.05. The monoisotopic (exact) mass is 315 g/mol. The van der Waals surface area contributed by atoms with E-state index in [4.69, 9.17) is 14.3 Å². The highest BCUT2D eigenvalue weighted by atomic mass is 16.5. The van der Waals surface area contributed by atoms with Crippen molar-refractivity contribution in [2.75, 3.05) is 13.2 Å². The molecule has 1 amide bonds. The second kappa shape index (κ2) is 5.85. The van der Waals surface area contributed by atoms with Gasteiger partial charge in [0.1, 0.15) is 11.9 Å². The summed E-state index contributed by atoms with van der Waals surface area (Å²) < 4.78 is 13.0. The van der Waals surface area contributed by atoms with E-state index in [0.29, 0.717) is 24.5 Å². The van der Waals surface area contributed by atoms with Gasteiger partial charge in [-0.1, -0.05) is 0 Å². The zero-order valence-corrected chi connectivity index (χ0v) is 13.2. The molecule has 6 nitrogen and oxygen atoms in total. The molecule has 2 aliphatic rings. The maximum atomic E-state index is 12.2. The third kappa shape index (κ3) is 3.03. The van der Waals surface area contributed by atoms with E-state index in [1.54, 1.807) is 13.0 Å². The van der Waals surface area contributed by atoms with Gasteiger partial charge in [-0.05, 0) is 43.7 Å². The number of aromatic nitrogens is 2. The van der Waals surface area contributed by atoms with Crippen LogP contribution in [0.3, 0.4) is 0 Å². The van der Waals surface area contributed by atoms with E-state index in [9.17, 15) is 4.79 Å². The second-order valence-corrected chi connectivity index (χ2v) is 6.41. The quantitative estimate of drug-likeness (QED) is 0.918. The van der Waals surface area contributed by atoms with E-state index in [1.165, 1.54) is 24.7 Å². The Morgan fingerprint density at radius 1 is 1.48 bits per heavy atom. The van der Waals surface area contributed by atoms with Crippen molar-refractivity contribution in [3.63, 3.8) is 0 Å². The van der Waals surface area contributed by atoms with Gasteiger partial charge in [-0.3, -0.25) is 9.48 Å². The number of nitrogens with one attached hydrogen (secondary N) is 1. The van der Waals surface area contributed by atoms with Gasteiger partial charge in [0.05, 0.1) is 24.1 Å². The van der Waals surface area contributed by atoms with Gasteiger partial charge in [0.15, 0.2) is 0 Å². The molecule has 1 atom stereocenters. The van der Waals surface area contributed by atoms with Crippen LogP contribution in [0.1, 0.15) is 46.3 Å². The molecule has 2 aromatic heterocycles. The Labute approximate surface area is 134 Å². The van der Waals surface area contributed by atoms with Gasteiger partial charge in [0.2, 0.25) is 0 Å². The number of ether oxygens (including phenoxy) is 1. The third-order valence-electron chi connectivity index (χ3n) is 4.56. The van der Waals surface area contributed by atoms with Crippen molar-refractivity contribution in [3.8, 4) is 0 Å². The molecule has 1 saturated carbocycles. The van der Waals surface area contributed by atoms with Crippen molar-refractivity contribution in [3.05, 3.63) is 41.1 Å². The van der Waals surface area contributed by atoms with Crippen molar-refractivity contribution in [1.82, 2.24) is 15.1 Å². The Hall–Kier alpha value is -2.08. The van der Waals surface area contributed by atoms with Gasteiger partial charge >= 0.3 is 0 Å². The lowest BCUT2D eigenvalue weighted by atomic mass is 10.1. The number of nitrogens with zero attached hydrogens (tertiary/aromatic N) is 2. The Bertz CT molecular complexity index is 714. The first-order chi connectivity index (χ1) is 11.2. The van der Waals surface area contributed by atoms with Crippen LogP contribution >= 0.6 is 0 Å². The summed E-state index contributed by atoms with van der Waals surface area (Å²) in [5.74, 6) is 1.28. The molecule has 0 spiro atoms. The molecule has 0 unspecified atom stereocenters. The molecular formula is C17H21N3O3. The number of hydrogen-bond donors (Lipinski definition) is 1. The molecule has 6 heteroatoms. The Kier molecular flexibility index (Phi) is 3.69. The number of hydrogen-bond acceptors (Lipinski definition) is 4. The summed E-state index contributed by atoms with van der Waals surface area (Å²) in [5.41, 5.74) is 2.79. The fourth-order valence-corrected chi connectivity index (χ4v) is 3.05. The average Bonchev–Trinajstić information content (AvgIpc) is 3.08. The molecule has 1 aliphatic carbocycles. The molecule has 0 saturated heterocycles. The fraction of sp³-hybridized carbons (Fsp3) is 0.529. The summed E-state index contributed by atoms with van der Waals surface area (Å²) in [5, 5.41) is 7.62. The number of carbonyl (C=O) groups is 1. The summed E-state index contributed by atoms with van der Waals surface area (Å²) in [4.78, 5) is 12.2. The van der Waals surface area contributed by atoms with Crippen LogP contribution in [0, 0.1) is 12.8 Å². The summed E-state index contributed by atoms with van der Waals surface area (Å²) in [6, 6.07) is 1.68. The molecular weight excluding hydrogens is 294 g/mol. The summed E-state index contributed by atoms with van der Waals surface area (Å²) in [6.07, 6.45) is 7.01. The highest BCUT2D eigenvalue weighted by Gasteiger charge is 2.28. The van der Waals surface area contributed by atoms with Crippen LogP contribution in [-0.4, -0.2) is 28.8 Å². The second-order valence-electron chi connectivity index (χ2n) is 6.41. The Balaban J connectivity index is 1.43. The number of fused-ring (bicyclic) bond motifs is 1. The van der Waals surface area contributed by atoms with Gasteiger partial charge in [0.25, 0.3) is 5.91 Å². The van der Waals surface area contributed by atoms with Gasteiger partial charge in [-0.2, -0.15) is 5.10 Å². The van der Waals surface area contributed by atoms with Crippen molar-refractivity contribution in [2.45, 2.75) is 38.8 Å². The SMILES string of the molecule is Cc1occc1C(=O)NC[C@@H]1OCCc2cn(CC3CC3)nc21. The predicted molar refractivity (Wildman–Crippen MR) is 83.1 cm³/mol. The van der Waals surface area contributed by atoms with E-state index in [-0.39, 0.29) is 12.0 Å². The van der Waals surface area contributed by atoms with Gasteiger partial charge < -0.3 is 14.5 Å². The maximum Gasteiger partial charge on any atom is 0.254 e. The van der Waals surface area contributed by atoms with Crippen molar-refractivity contribution in [2.24, 2.45) is 5.92 Å². The zero-order valence-electron chi connectivity index (χ0n) is 13.2. The molecule has 4 rings (SSSR count). The molecule has 3 heterocycles. The predicted octanol–water partition coefficient (Wildman–Crippen LogP) is 2.24. The first-order valence-electron chi connectivity index (χ1n) is 8.21. The minimum atomic E-state index is -0.171. The molecule has 0 bridgehead atoms. The van der Waals surface area contributed by atoms with E-state index < -0.39 is 0 Å². The Morgan fingerprint density at radius 2 is 2.35 bits per heavy atom. The van der Waals surface area contributed by atoms with Crippen LogP contribution in [0.4, 0.5) is 0 Å². The molecule has 0 aromatic carbocycles. The average molecular weight is 315 g/mol. The van der Waals surface area contributed by atoms with E-state index in [2.05, 4.69) is 11.5 Å². The van der Waals surface area contributed by atoms with Gasteiger partial charge in [-0.25, -0.2) is 0 Å².